The zero-order valence-corrected chi connectivity index (χ0v) is 10.8. The molecule has 0 amide bonds. The summed E-state index contributed by atoms with van der Waals surface area (Å²) in [5.74, 6) is 1.21. The van der Waals surface area contributed by atoms with Crippen LogP contribution in [0.5, 0.6) is 11.6 Å². The van der Waals surface area contributed by atoms with Gasteiger partial charge in [-0.1, -0.05) is 13.8 Å². The second-order valence-corrected chi connectivity index (χ2v) is 4.40. The van der Waals surface area contributed by atoms with Crippen LogP contribution in [0.25, 0.3) is 0 Å². The van der Waals surface area contributed by atoms with Crippen LogP contribution in [0.4, 0.5) is 5.69 Å². The van der Waals surface area contributed by atoms with E-state index in [0.29, 0.717) is 28.8 Å². The molecule has 0 bridgehead atoms. The summed E-state index contributed by atoms with van der Waals surface area (Å²) in [6, 6.07) is 8.68. The molecule has 0 atom stereocenters. The van der Waals surface area contributed by atoms with Crippen molar-refractivity contribution < 1.29 is 4.74 Å². The van der Waals surface area contributed by atoms with Gasteiger partial charge in [-0.25, -0.2) is 9.97 Å². The van der Waals surface area contributed by atoms with E-state index in [-0.39, 0.29) is 0 Å². The molecule has 19 heavy (non-hydrogen) atoms. The second kappa shape index (κ2) is 5.36. The minimum atomic E-state index is 0.295. The van der Waals surface area contributed by atoms with Crippen molar-refractivity contribution in [2.75, 3.05) is 5.73 Å². The molecule has 1 aromatic heterocycles. The van der Waals surface area contributed by atoms with E-state index in [9.17, 15) is 0 Å². The fourth-order valence-corrected chi connectivity index (χ4v) is 1.55. The Balaban J connectivity index is 2.26. The van der Waals surface area contributed by atoms with Crippen LogP contribution in [0.2, 0.25) is 0 Å². The Labute approximate surface area is 111 Å². The molecule has 0 aliphatic carbocycles. The SMILES string of the molecule is CC(C)c1cc(Oc2ccc(C#N)cc2N)ncn1. The third-order valence-electron chi connectivity index (χ3n) is 2.61. The third kappa shape index (κ3) is 2.99. The standard InChI is InChI=1S/C14H14N4O/c1-9(2)12-6-14(18-8-17-12)19-13-4-3-10(7-15)5-11(13)16/h3-6,8-9H,16H2,1-2H3. The average molecular weight is 254 g/mol. The van der Waals surface area contributed by atoms with E-state index in [2.05, 4.69) is 9.97 Å². The minimum Gasteiger partial charge on any atom is -0.437 e. The highest BCUT2D eigenvalue weighted by molar-refractivity contribution is 5.57. The van der Waals surface area contributed by atoms with E-state index in [0.717, 1.165) is 5.69 Å². The topological polar surface area (TPSA) is 84.8 Å². The van der Waals surface area contributed by atoms with Crippen molar-refractivity contribution in [2.24, 2.45) is 0 Å². The summed E-state index contributed by atoms with van der Waals surface area (Å²) in [4.78, 5) is 8.21. The van der Waals surface area contributed by atoms with Gasteiger partial charge in [0.15, 0.2) is 5.75 Å². The molecule has 0 spiro atoms. The quantitative estimate of drug-likeness (QED) is 0.851. The highest BCUT2D eigenvalue weighted by Gasteiger charge is 2.07. The molecule has 0 saturated carbocycles. The number of benzene rings is 1. The number of nitriles is 1. The highest BCUT2D eigenvalue weighted by Crippen LogP contribution is 2.27. The average Bonchev–Trinajstić information content (AvgIpc) is 2.41. The number of rotatable bonds is 3. The molecule has 0 aliphatic heterocycles. The second-order valence-electron chi connectivity index (χ2n) is 4.40. The van der Waals surface area contributed by atoms with Gasteiger partial charge in [-0.3, -0.25) is 0 Å². The van der Waals surface area contributed by atoms with Crippen molar-refractivity contribution >= 4 is 5.69 Å². The van der Waals surface area contributed by atoms with Crippen molar-refractivity contribution in [2.45, 2.75) is 19.8 Å². The maximum Gasteiger partial charge on any atom is 0.222 e. The number of hydrogen-bond acceptors (Lipinski definition) is 5. The van der Waals surface area contributed by atoms with E-state index < -0.39 is 0 Å². The first-order chi connectivity index (χ1) is 9.10. The molecular formula is C14H14N4O. The van der Waals surface area contributed by atoms with Crippen molar-refractivity contribution in [3.63, 3.8) is 0 Å². The van der Waals surface area contributed by atoms with Crippen LogP contribution in [0, 0.1) is 11.3 Å². The van der Waals surface area contributed by atoms with Gasteiger partial charge in [0, 0.05) is 6.07 Å². The van der Waals surface area contributed by atoms with Crippen molar-refractivity contribution in [1.29, 1.82) is 5.26 Å². The van der Waals surface area contributed by atoms with Gasteiger partial charge in [0.1, 0.15) is 6.33 Å². The maximum absolute atomic E-state index is 8.77. The first kappa shape index (κ1) is 12.8. The molecule has 2 aromatic rings. The van der Waals surface area contributed by atoms with Gasteiger partial charge in [0.05, 0.1) is 23.0 Å². The molecule has 2 N–H and O–H groups in total. The molecule has 96 valence electrons. The van der Waals surface area contributed by atoms with E-state index in [1.54, 1.807) is 24.3 Å². The summed E-state index contributed by atoms with van der Waals surface area (Å²) in [6.07, 6.45) is 1.46. The lowest BCUT2D eigenvalue weighted by atomic mass is 10.1. The summed E-state index contributed by atoms with van der Waals surface area (Å²) < 4.78 is 5.61. The Hall–Kier alpha value is -2.61. The maximum atomic E-state index is 8.77. The number of ether oxygens (including phenoxy) is 1. The Kier molecular flexibility index (Phi) is 3.62. The minimum absolute atomic E-state index is 0.295. The fourth-order valence-electron chi connectivity index (χ4n) is 1.55. The number of nitrogens with two attached hydrogens (primary N) is 1. The molecule has 5 heteroatoms. The molecule has 0 aliphatic rings. The van der Waals surface area contributed by atoms with Crippen LogP contribution in [0.3, 0.4) is 0 Å². The van der Waals surface area contributed by atoms with Crippen LogP contribution in [0.15, 0.2) is 30.6 Å². The van der Waals surface area contributed by atoms with E-state index >= 15 is 0 Å². The van der Waals surface area contributed by atoms with Gasteiger partial charge in [-0.2, -0.15) is 5.26 Å². The lowest BCUT2D eigenvalue weighted by molar-refractivity contribution is 0.461. The number of nitrogen functional groups attached to an aromatic ring is 1. The van der Waals surface area contributed by atoms with E-state index in [1.165, 1.54) is 6.33 Å². The predicted molar refractivity (Wildman–Crippen MR) is 71.8 cm³/mol. The van der Waals surface area contributed by atoms with Crippen LogP contribution >= 0.6 is 0 Å². The number of anilines is 1. The Bertz CT molecular complexity index is 632. The fraction of sp³-hybridized carbons (Fsp3) is 0.214. The van der Waals surface area contributed by atoms with E-state index in [1.807, 2.05) is 19.9 Å². The summed E-state index contributed by atoms with van der Waals surface area (Å²) >= 11 is 0. The van der Waals surface area contributed by atoms with E-state index in [4.69, 9.17) is 15.7 Å². The first-order valence-corrected chi connectivity index (χ1v) is 5.89. The molecule has 0 unspecified atom stereocenters. The zero-order chi connectivity index (χ0) is 13.8. The highest BCUT2D eigenvalue weighted by atomic mass is 16.5. The van der Waals surface area contributed by atoms with Crippen LogP contribution in [0.1, 0.15) is 31.0 Å². The van der Waals surface area contributed by atoms with Gasteiger partial charge >= 0.3 is 0 Å². The van der Waals surface area contributed by atoms with Crippen LogP contribution in [-0.2, 0) is 0 Å². The molecule has 0 saturated heterocycles. The van der Waals surface area contributed by atoms with Gasteiger partial charge in [0.2, 0.25) is 5.88 Å². The lowest BCUT2D eigenvalue weighted by Crippen LogP contribution is -1.98. The van der Waals surface area contributed by atoms with Gasteiger partial charge in [0.25, 0.3) is 0 Å². The summed E-state index contributed by atoms with van der Waals surface area (Å²) in [7, 11) is 0. The van der Waals surface area contributed by atoms with Crippen molar-refractivity contribution in [3.05, 3.63) is 41.9 Å². The third-order valence-corrected chi connectivity index (χ3v) is 2.61. The first-order valence-electron chi connectivity index (χ1n) is 5.89. The summed E-state index contributed by atoms with van der Waals surface area (Å²) in [5.41, 5.74) is 7.63. The zero-order valence-electron chi connectivity index (χ0n) is 10.8. The molecule has 1 aromatic carbocycles. The number of nitrogens with zero attached hydrogens (tertiary/aromatic N) is 3. The molecule has 1 heterocycles. The smallest absolute Gasteiger partial charge is 0.222 e. The van der Waals surface area contributed by atoms with Crippen LogP contribution in [-0.4, -0.2) is 9.97 Å². The van der Waals surface area contributed by atoms with Gasteiger partial charge < -0.3 is 10.5 Å². The molecule has 0 fully saturated rings. The number of hydrogen-bond donors (Lipinski definition) is 1. The van der Waals surface area contributed by atoms with Crippen molar-refractivity contribution in [1.82, 2.24) is 9.97 Å². The molecule has 5 nitrogen and oxygen atoms in total. The lowest BCUT2D eigenvalue weighted by Gasteiger charge is -2.09. The molecular weight excluding hydrogens is 240 g/mol. The monoisotopic (exact) mass is 254 g/mol. The predicted octanol–water partition coefficient (Wildman–Crippen LogP) is 2.85. The van der Waals surface area contributed by atoms with Gasteiger partial charge in [-0.05, 0) is 24.1 Å². The summed E-state index contributed by atoms with van der Waals surface area (Å²) in [5, 5.41) is 8.77. The Morgan fingerprint density at radius 2 is 2.05 bits per heavy atom. The Morgan fingerprint density at radius 3 is 2.68 bits per heavy atom. The Morgan fingerprint density at radius 1 is 1.26 bits per heavy atom. The number of aromatic nitrogens is 2. The normalized spacial score (nSPS) is 10.2. The van der Waals surface area contributed by atoms with Crippen LogP contribution < -0.4 is 10.5 Å². The molecule has 0 radical (unpaired) electrons. The summed E-state index contributed by atoms with van der Waals surface area (Å²) in [6.45, 7) is 4.09. The largest absolute Gasteiger partial charge is 0.437 e. The van der Waals surface area contributed by atoms with Crippen molar-refractivity contribution in [3.8, 4) is 17.7 Å². The van der Waals surface area contributed by atoms with Gasteiger partial charge in [-0.15, -0.1) is 0 Å². The molecule has 2 rings (SSSR count).